The number of aliphatic hydroxyl groups excluding tert-OH is 1. The molecule has 0 aliphatic carbocycles. The van der Waals surface area contributed by atoms with E-state index in [-0.39, 0.29) is 5.92 Å². The van der Waals surface area contributed by atoms with Crippen molar-refractivity contribution in [1.82, 2.24) is 0 Å². The third-order valence-corrected chi connectivity index (χ3v) is 0.880. The van der Waals surface area contributed by atoms with Crippen LogP contribution in [0.3, 0.4) is 0 Å². The van der Waals surface area contributed by atoms with Crippen molar-refractivity contribution < 1.29 is 5.11 Å². The standard InChI is InChI=1S/C6H11O/c1-4-6(7)5(2)3/h1,4-7H,2-3H3. The minimum Gasteiger partial charge on any atom is -0.389 e. The van der Waals surface area contributed by atoms with Crippen LogP contribution in [0.25, 0.3) is 0 Å². The van der Waals surface area contributed by atoms with Crippen LogP contribution in [0.1, 0.15) is 13.8 Å². The number of rotatable bonds is 2. The summed E-state index contributed by atoms with van der Waals surface area (Å²) in [5.74, 6) is 0.241. The summed E-state index contributed by atoms with van der Waals surface area (Å²) in [6.07, 6.45) is 0.852. The van der Waals surface area contributed by atoms with Gasteiger partial charge in [0.15, 0.2) is 0 Å². The van der Waals surface area contributed by atoms with Gasteiger partial charge in [-0.05, 0) is 5.92 Å². The molecule has 41 valence electrons. The average Bonchev–Trinajstić information content (AvgIpc) is 1.65. The number of hydrogen-bond donors (Lipinski definition) is 1. The molecule has 0 spiro atoms. The second-order valence-electron chi connectivity index (χ2n) is 1.93. The van der Waals surface area contributed by atoms with E-state index in [2.05, 4.69) is 0 Å². The van der Waals surface area contributed by atoms with Crippen LogP contribution in [-0.4, -0.2) is 11.2 Å². The molecule has 1 nitrogen and oxygen atoms in total. The Balaban J connectivity index is 3.33. The third kappa shape index (κ3) is 2.40. The smallest absolute Gasteiger partial charge is 0.0746 e. The van der Waals surface area contributed by atoms with Crippen molar-refractivity contribution in [3.63, 3.8) is 0 Å². The maximum Gasteiger partial charge on any atom is 0.0746 e. The Morgan fingerprint density at radius 1 is 1.57 bits per heavy atom. The van der Waals surface area contributed by atoms with E-state index >= 15 is 0 Å². The van der Waals surface area contributed by atoms with Gasteiger partial charge in [0.1, 0.15) is 0 Å². The zero-order valence-electron chi connectivity index (χ0n) is 4.76. The van der Waals surface area contributed by atoms with Gasteiger partial charge in [-0.25, -0.2) is 0 Å². The highest BCUT2D eigenvalue weighted by Gasteiger charge is 2.00. The molecule has 7 heavy (non-hydrogen) atoms. The summed E-state index contributed by atoms with van der Waals surface area (Å²) in [4.78, 5) is 0. The molecule has 1 radical (unpaired) electrons. The van der Waals surface area contributed by atoms with Crippen molar-refractivity contribution in [2.75, 3.05) is 0 Å². The summed E-state index contributed by atoms with van der Waals surface area (Å²) in [6, 6.07) is 0. The minimum atomic E-state index is -0.444. The topological polar surface area (TPSA) is 20.2 Å². The van der Waals surface area contributed by atoms with Crippen molar-refractivity contribution in [1.29, 1.82) is 0 Å². The van der Waals surface area contributed by atoms with Crippen LogP contribution in [0.15, 0.2) is 6.08 Å². The third-order valence-electron chi connectivity index (χ3n) is 0.880. The highest BCUT2D eigenvalue weighted by atomic mass is 16.3. The Kier molecular flexibility index (Phi) is 2.68. The fourth-order valence-corrected chi connectivity index (χ4v) is 0.222. The average molecular weight is 99.2 g/mol. The fraction of sp³-hybridized carbons (Fsp3) is 0.667. The van der Waals surface area contributed by atoms with Crippen LogP contribution >= 0.6 is 0 Å². The van der Waals surface area contributed by atoms with Crippen LogP contribution in [0.4, 0.5) is 0 Å². The molecule has 0 aromatic carbocycles. The van der Waals surface area contributed by atoms with Crippen LogP contribution in [-0.2, 0) is 0 Å². The van der Waals surface area contributed by atoms with E-state index in [4.69, 9.17) is 11.7 Å². The van der Waals surface area contributed by atoms with Crippen LogP contribution in [0.2, 0.25) is 0 Å². The molecule has 0 aliphatic rings. The first-order valence-corrected chi connectivity index (χ1v) is 2.41. The van der Waals surface area contributed by atoms with Gasteiger partial charge in [0.2, 0.25) is 0 Å². The second kappa shape index (κ2) is 2.80. The molecule has 1 atom stereocenters. The van der Waals surface area contributed by atoms with Gasteiger partial charge < -0.3 is 5.11 Å². The molecule has 0 saturated heterocycles. The zero-order chi connectivity index (χ0) is 5.86. The Morgan fingerprint density at radius 3 is 2.00 bits per heavy atom. The molecular formula is C6H11O. The van der Waals surface area contributed by atoms with Gasteiger partial charge in [0.25, 0.3) is 0 Å². The molecule has 0 amide bonds. The summed E-state index contributed by atoms with van der Waals surface area (Å²) in [5, 5.41) is 8.75. The molecule has 0 rings (SSSR count). The summed E-state index contributed by atoms with van der Waals surface area (Å²) in [6.45, 7) is 8.82. The lowest BCUT2D eigenvalue weighted by molar-refractivity contribution is 0.172. The van der Waals surface area contributed by atoms with E-state index in [0.717, 1.165) is 0 Å². The lowest BCUT2D eigenvalue weighted by Gasteiger charge is -2.06. The second-order valence-corrected chi connectivity index (χ2v) is 1.93. The zero-order valence-corrected chi connectivity index (χ0v) is 4.76. The summed E-state index contributed by atoms with van der Waals surface area (Å²) < 4.78 is 0. The van der Waals surface area contributed by atoms with Gasteiger partial charge in [-0.1, -0.05) is 26.5 Å². The van der Waals surface area contributed by atoms with Crippen LogP contribution in [0, 0.1) is 12.5 Å². The summed E-state index contributed by atoms with van der Waals surface area (Å²) >= 11 is 0. The fourth-order valence-electron chi connectivity index (χ4n) is 0.222. The van der Waals surface area contributed by atoms with Crippen molar-refractivity contribution in [3.8, 4) is 0 Å². The van der Waals surface area contributed by atoms with E-state index in [1.165, 1.54) is 6.08 Å². The molecule has 0 saturated carbocycles. The Bertz CT molecular complexity index is 57.2. The van der Waals surface area contributed by atoms with E-state index in [1.807, 2.05) is 13.8 Å². The van der Waals surface area contributed by atoms with E-state index in [1.54, 1.807) is 0 Å². The molecular weight excluding hydrogens is 88.1 g/mol. The van der Waals surface area contributed by atoms with Crippen LogP contribution < -0.4 is 0 Å². The highest BCUT2D eigenvalue weighted by molar-refractivity contribution is 4.77. The van der Waals surface area contributed by atoms with Gasteiger partial charge in [-0.3, -0.25) is 0 Å². The van der Waals surface area contributed by atoms with Crippen molar-refractivity contribution >= 4 is 0 Å². The lowest BCUT2D eigenvalue weighted by atomic mass is 10.1. The van der Waals surface area contributed by atoms with Crippen molar-refractivity contribution in [3.05, 3.63) is 12.7 Å². The monoisotopic (exact) mass is 99.1 g/mol. The van der Waals surface area contributed by atoms with Gasteiger partial charge in [-0.2, -0.15) is 0 Å². The quantitative estimate of drug-likeness (QED) is 0.547. The molecule has 0 heterocycles. The normalized spacial score (nSPS) is 14.3. The SMILES string of the molecule is [CH]=CC(O)C(C)C. The molecule has 0 aliphatic heterocycles. The molecule has 0 fully saturated rings. The van der Waals surface area contributed by atoms with E-state index in [9.17, 15) is 0 Å². The highest BCUT2D eigenvalue weighted by Crippen LogP contribution is 1.99. The van der Waals surface area contributed by atoms with Crippen molar-refractivity contribution in [2.45, 2.75) is 20.0 Å². The predicted molar refractivity (Wildman–Crippen MR) is 29.7 cm³/mol. The Labute approximate surface area is 44.7 Å². The van der Waals surface area contributed by atoms with Gasteiger partial charge in [0, 0.05) is 0 Å². The van der Waals surface area contributed by atoms with Crippen LogP contribution in [0.5, 0.6) is 0 Å². The summed E-state index contributed by atoms with van der Waals surface area (Å²) in [7, 11) is 0. The van der Waals surface area contributed by atoms with Gasteiger partial charge in [0.05, 0.1) is 6.10 Å². The molecule has 1 unspecified atom stereocenters. The first kappa shape index (κ1) is 6.70. The Morgan fingerprint density at radius 2 is 2.00 bits per heavy atom. The Hall–Kier alpha value is -0.300. The maximum atomic E-state index is 8.75. The molecule has 1 heteroatoms. The molecule has 0 aromatic heterocycles. The largest absolute Gasteiger partial charge is 0.389 e. The van der Waals surface area contributed by atoms with Gasteiger partial charge in [-0.15, -0.1) is 0 Å². The maximum absolute atomic E-state index is 8.75. The van der Waals surface area contributed by atoms with E-state index < -0.39 is 6.10 Å². The molecule has 1 N–H and O–H groups in total. The predicted octanol–water partition coefficient (Wildman–Crippen LogP) is 0.992. The minimum absolute atomic E-state index is 0.241. The van der Waals surface area contributed by atoms with E-state index in [0.29, 0.717) is 0 Å². The number of aliphatic hydroxyl groups is 1. The molecule has 0 bridgehead atoms. The molecule has 0 aromatic rings. The first-order chi connectivity index (χ1) is 3.18. The summed E-state index contributed by atoms with van der Waals surface area (Å²) in [5.41, 5.74) is 0. The van der Waals surface area contributed by atoms with Gasteiger partial charge >= 0.3 is 0 Å². The first-order valence-electron chi connectivity index (χ1n) is 2.41. The lowest BCUT2D eigenvalue weighted by Crippen LogP contribution is -2.09. The van der Waals surface area contributed by atoms with Crippen molar-refractivity contribution in [2.24, 2.45) is 5.92 Å². The number of hydrogen-bond acceptors (Lipinski definition) is 1.